The molecule has 0 unspecified atom stereocenters. The Morgan fingerprint density at radius 1 is 1.26 bits per heavy atom. The average Bonchev–Trinajstić information content (AvgIpc) is 3.26. The van der Waals surface area contributed by atoms with Gasteiger partial charge in [-0.2, -0.15) is 0 Å². The first kappa shape index (κ1) is 19.2. The van der Waals surface area contributed by atoms with Crippen LogP contribution < -0.4 is 11.1 Å². The van der Waals surface area contributed by atoms with Gasteiger partial charge in [0.1, 0.15) is 5.15 Å². The van der Waals surface area contributed by atoms with Gasteiger partial charge >= 0.3 is 0 Å². The molecule has 0 radical (unpaired) electrons. The molecule has 27 heavy (non-hydrogen) atoms. The number of nitrogens with one attached hydrogen (secondary N) is 1. The van der Waals surface area contributed by atoms with E-state index in [0.29, 0.717) is 11.1 Å². The first-order chi connectivity index (χ1) is 13.1. The van der Waals surface area contributed by atoms with Crippen molar-refractivity contribution in [2.24, 2.45) is 5.73 Å². The van der Waals surface area contributed by atoms with Crippen LogP contribution in [0, 0.1) is 6.92 Å². The lowest BCUT2D eigenvalue weighted by Gasteiger charge is -2.26. The van der Waals surface area contributed by atoms with Crippen LogP contribution >= 0.6 is 34.3 Å². The number of hydrogen-bond acceptors (Lipinski definition) is 5. The number of aromatic nitrogens is 1. The van der Waals surface area contributed by atoms with Crippen molar-refractivity contribution in [3.8, 4) is 0 Å². The van der Waals surface area contributed by atoms with Gasteiger partial charge in [-0.3, -0.25) is 0 Å². The fourth-order valence-corrected chi connectivity index (χ4v) is 6.37. The van der Waals surface area contributed by atoms with Crippen LogP contribution in [0.4, 0.5) is 5.69 Å². The number of aryl methyl sites for hydroxylation is 1. The molecule has 4 rings (SSSR count). The lowest BCUT2D eigenvalue weighted by atomic mass is 9.85. The van der Waals surface area contributed by atoms with Gasteiger partial charge in [-0.25, -0.2) is 4.98 Å². The highest BCUT2D eigenvalue weighted by Crippen LogP contribution is 2.43. The molecule has 3 nitrogen and oxygen atoms in total. The first-order valence-electron chi connectivity index (χ1n) is 9.75. The molecule has 6 heteroatoms. The Labute approximate surface area is 174 Å². The van der Waals surface area contributed by atoms with Crippen LogP contribution in [0.1, 0.15) is 59.8 Å². The lowest BCUT2D eigenvalue weighted by Crippen LogP contribution is -2.29. The highest BCUT2D eigenvalue weighted by atomic mass is 35.5. The topological polar surface area (TPSA) is 50.9 Å². The summed E-state index contributed by atoms with van der Waals surface area (Å²) in [5.74, 6) is 0.438. The largest absolute Gasteiger partial charge is 0.379 e. The molecule has 0 bridgehead atoms. The smallest absolute Gasteiger partial charge is 0.131 e. The Morgan fingerprint density at radius 3 is 2.85 bits per heavy atom. The summed E-state index contributed by atoms with van der Waals surface area (Å²) < 4.78 is 1.21. The first-order valence-corrected chi connectivity index (χ1v) is 11.8. The molecule has 0 saturated heterocycles. The molecule has 3 aromatic heterocycles. The third-order valence-electron chi connectivity index (χ3n) is 5.57. The number of pyridine rings is 1. The summed E-state index contributed by atoms with van der Waals surface area (Å²) in [5, 5.41) is 6.23. The van der Waals surface area contributed by atoms with Gasteiger partial charge in [0.25, 0.3) is 0 Å². The molecule has 2 atom stereocenters. The van der Waals surface area contributed by atoms with Gasteiger partial charge in [0, 0.05) is 34.3 Å². The van der Waals surface area contributed by atoms with Gasteiger partial charge in [0.2, 0.25) is 0 Å². The molecule has 1 aliphatic carbocycles. The maximum atomic E-state index is 6.61. The van der Waals surface area contributed by atoms with E-state index in [1.807, 2.05) is 17.4 Å². The predicted molar refractivity (Wildman–Crippen MR) is 119 cm³/mol. The Bertz CT molecular complexity index is 904. The summed E-state index contributed by atoms with van der Waals surface area (Å²) in [7, 11) is 0. The Kier molecular flexibility index (Phi) is 6.02. The highest BCUT2D eigenvalue weighted by molar-refractivity contribution is 7.20. The molecule has 3 N–H and O–H groups in total. The molecule has 144 valence electrons. The van der Waals surface area contributed by atoms with Gasteiger partial charge in [0.05, 0.1) is 15.9 Å². The van der Waals surface area contributed by atoms with Crippen molar-refractivity contribution < 1.29 is 0 Å². The number of nitrogens with zero attached hydrogens (tertiary/aromatic N) is 1. The molecule has 0 spiro atoms. The van der Waals surface area contributed by atoms with Crippen molar-refractivity contribution in [2.45, 2.75) is 64.0 Å². The zero-order valence-corrected chi connectivity index (χ0v) is 18.0. The van der Waals surface area contributed by atoms with Gasteiger partial charge in [-0.1, -0.05) is 43.4 Å². The monoisotopic (exact) mass is 419 g/mol. The minimum absolute atomic E-state index is 0.245. The lowest BCUT2D eigenvalue weighted by molar-refractivity contribution is 0.407. The fraction of sp³-hybridized carbons (Fsp3) is 0.476. The molecular weight excluding hydrogens is 394 g/mol. The molecule has 3 heterocycles. The molecule has 1 aliphatic rings. The maximum absolute atomic E-state index is 6.61. The minimum Gasteiger partial charge on any atom is -0.379 e. The number of fused-ring (bicyclic) bond motifs is 1. The zero-order chi connectivity index (χ0) is 18.8. The minimum atomic E-state index is 0.245. The Morgan fingerprint density at radius 2 is 2.07 bits per heavy atom. The van der Waals surface area contributed by atoms with Gasteiger partial charge in [-0.15, -0.1) is 22.7 Å². The molecule has 0 amide bonds. The maximum Gasteiger partial charge on any atom is 0.131 e. The normalized spacial score (nSPS) is 21.1. The van der Waals surface area contributed by atoms with E-state index in [2.05, 4.69) is 34.7 Å². The third-order valence-corrected chi connectivity index (χ3v) is 8.08. The van der Waals surface area contributed by atoms with E-state index >= 15 is 0 Å². The SMILES string of the molecule is Cc1c([C@@H]2CCCCCC[C@@H]2N)sc2c(NCc3cccs3)cc(Cl)nc12. The third kappa shape index (κ3) is 4.16. The summed E-state index contributed by atoms with van der Waals surface area (Å²) in [4.78, 5) is 7.38. The van der Waals surface area contributed by atoms with Crippen molar-refractivity contribution in [2.75, 3.05) is 5.32 Å². The van der Waals surface area contributed by atoms with Crippen molar-refractivity contribution >= 4 is 50.2 Å². The standard InChI is InChI=1S/C21H26ClN3S2/c1-13-19-21(27-20(13)15-8-4-2-3-5-9-16(15)23)17(11-18(22)25-19)24-12-14-7-6-10-26-14/h6-7,10-11,15-16H,2-5,8-9,12,23H2,1H3,(H,24,25)/t15-,16+/m1/s1. The van der Waals surface area contributed by atoms with Crippen LogP contribution in [-0.4, -0.2) is 11.0 Å². The number of anilines is 1. The average molecular weight is 420 g/mol. The Hall–Kier alpha value is -1.14. The second kappa shape index (κ2) is 8.48. The predicted octanol–water partition coefficient (Wildman–Crippen LogP) is 6.70. The van der Waals surface area contributed by atoms with E-state index in [9.17, 15) is 0 Å². The van der Waals surface area contributed by atoms with Crippen molar-refractivity contribution in [3.05, 3.63) is 44.1 Å². The van der Waals surface area contributed by atoms with Crippen LogP contribution in [0.15, 0.2) is 23.6 Å². The molecule has 1 fully saturated rings. The summed E-state index contributed by atoms with van der Waals surface area (Å²) in [5.41, 5.74) is 9.98. The summed E-state index contributed by atoms with van der Waals surface area (Å²) >= 11 is 9.98. The highest BCUT2D eigenvalue weighted by Gasteiger charge is 2.26. The summed E-state index contributed by atoms with van der Waals surface area (Å²) in [6.45, 7) is 2.99. The van der Waals surface area contributed by atoms with E-state index in [1.54, 1.807) is 11.3 Å². The van der Waals surface area contributed by atoms with E-state index in [-0.39, 0.29) is 6.04 Å². The number of thiophene rings is 2. The molecule has 3 aromatic rings. The van der Waals surface area contributed by atoms with E-state index in [0.717, 1.165) is 24.2 Å². The van der Waals surface area contributed by atoms with Gasteiger partial charge in [0.15, 0.2) is 0 Å². The summed E-state index contributed by atoms with van der Waals surface area (Å²) in [6.07, 6.45) is 7.46. The van der Waals surface area contributed by atoms with Crippen molar-refractivity contribution in [1.29, 1.82) is 0 Å². The second-order valence-corrected chi connectivity index (χ2v) is 9.93. The van der Waals surface area contributed by atoms with Gasteiger partial charge < -0.3 is 11.1 Å². The van der Waals surface area contributed by atoms with Crippen LogP contribution in [-0.2, 0) is 6.54 Å². The molecule has 0 aliphatic heterocycles. The zero-order valence-electron chi connectivity index (χ0n) is 15.6. The van der Waals surface area contributed by atoms with Crippen molar-refractivity contribution in [3.63, 3.8) is 0 Å². The Balaban J connectivity index is 1.70. The van der Waals surface area contributed by atoms with Crippen LogP contribution in [0.2, 0.25) is 5.15 Å². The number of nitrogens with two attached hydrogens (primary N) is 1. The molecule has 0 aromatic carbocycles. The number of hydrogen-bond donors (Lipinski definition) is 2. The van der Waals surface area contributed by atoms with E-state index < -0.39 is 0 Å². The van der Waals surface area contributed by atoms with Crippen molar-refractivity contribution in [1.82, 2.24) is 4.98 Å². The number of rotatable bonds is 4. The van der Waals surface area contributed by atoms with Crippen LogP contribution in [0.3, 0.4) is 0 Å². The second-order valence-electron chi connectivity index (χ2n) is 7.46. The fourth-order valence-electron chi connectivity index (χ4n) is 4.08. The van der Waals surface area contributed by atoms with E-state index in [1.165, 1.54) is 52.1 Å². The van der Waals surface area contributed by atoms with Crippen LogP contribution in [0.5, 0.6) is 0 Å². The van der Waals surface area contributed by atoms with E-state index in [4.69, 9.17) is 17.3 Å². The quantitative estimate of drug-likeness (QED) is 0.462. The van der Waals surface area contributed by atoms with Gasteiger partial charge in [-0.05, 0) is 36.8 Å². The molecule has 1 saturated carbocycles. The molecular formula is C21H26ClN3S2. The van der Waals surface area contributed by atoms with Crippen LogP contribution in [0.25, 0.3) is 10.2 Å². The number of halogens is 1. The summed E-state index contributed by atoms with van der Waals surface area (Å²) in [6, 6.07) is 6.43.